The van der Waals surface area contributed by atoms with Crippen LogP contribution in [0.5, 0.6) is 5.75 Å². The number of aromatic nitrogens is 1. The Morgan fingerprint density at radius 3 is 2.58 bits per heavy atom. The number of fused-ring (bicyclic) bond motifs is 4. The third-order valence-corrected chi connectivity index (χ3v) is 7.32. The number of amides is 3. The summed E-state index contributed by atoms with van der Waals surface area (Å²) < 4.78 is 5.78. The molecule has 3 heterocycles. The summed E-state index contributed by atoms with van der Waals surface area (Å²) in [4.78, 5) is 34.6. The first-order chi connectivity index (χ1) is 17.1. The summed E-state index contributed by atoms with van der Waals surface area (Å²) in [6, 6.07) is 15.7. The van der Waals surface area contributed by atoms with Gasteiger partial charge in [-0.1, -0.05) is 30.3 Å². The van der Waals surface area contributed by atoms with Crippen LogP contribution in [0.25, 0.3) is 10.9 Å². The van der Waals surface area contributed by atoms with Gasteiger partial charge in [-0.3, -0.25) is 9.69 Å². The van der Waals surface area contributed by atoms with Crippen molar-refractivity contribution < 1.29 is 14.3 Å². The summed E-state index contributed by atoms with van der Waals surface area (Å²) in [5, 5.41) is 4.46. The highest BCUT2D eigenvalue weighted by Crippen LogP contribution is 2.47. The monoisotopic (exact) mass is 488 g/mol. The van der Waals surface area contributed by atoms with Crippen molar-refractivity contribution in [3.05, 3.63) is 65.4 Å². The fraction of sp³-hybridized carbons (Fsp3) is 0.448. The Kier molecular flexibility index (Phi) is 6.07. The average Bonchev–Trinajstić information content (AvgIpc) is 3.27. The number of aromatic amines is 1. The predicted octanol–water partition coefficient (Wildman–Crippen LogP) is 4.82. The highest BCUT2D eigenvalue weighted by molar-refractivity contribution is 6.08. The lowest BCUT2D eigenvalue weighted by Crippen LogP contribution is -2.53. The Hall–Kier alpha value is -3.32. The molecule has 1 aromatic heterocycles. The minimum Gasteiger partial charge on any atom is -0.494 e. The Labute approximate surface area is 212 Å². The first-order valence-corrected chi connectivity index (χ1v) is 12.8. The van der Waals surface area contributed by atoms with Gasteiger partial charge in [-0.15, -0.1) is 0 Å². The van der Waals surface area contributed by atoms with Crippen LogP contribution in [0.1, 0.15) is 57.5 Å². The van der Waals surface area contributed by atoms with Crippen molar-refractivity contribution in [2.24, 2.45) is 0 Å². The maximum Gasteiger partial charge on any atom is 0.328 e. The lowest BCUT2D eigenvalue weighted by atomic mass is 9.81. The third kappa shape index (κ3) is 4.15. The van der Waals surface area contributed by atoms with Crippen molar-refractivity contribution in [3.63, 3.8) is 0 Å². The number of imide groups is 1. The van der Waals surface area contributed by atoms with Crippen LogP contribution in [-0.4, -0.2) is 57.5 Å². The molecule has 3 amide bonds. The normalized spacial score (nSPS) is 21.8. The second kappa shape index (κ2) is 8.96. The lowest BCUT2D eigenvalue weighted by Gasteiger charge is -2.42. The summed E-state index contributed by atoms with van der Waals surface area (Å²) in [5.74, 6) is 0.685. The van der Waals surface area contributed by atoms with E-state index in [2.05, 4.69) is 49.3 Å². The fourth-order valence-corrected chi connectivity index (χ4v) is 5.68. The van der Waals surface area contributed by atoms with Gasteiger partial charge < -0.3 is 19.9 Å². The third-order valence-electron chi connectivity index (χ3n) is 7.32. The van der Waals surface area contributed by atoms with Gasteiger partial charge in [0.25, 0.3) is 5.91 Å². The molecule has 2 aliphatic heterocycles. The van der Waals surface area contributed by atoms with E-state index in [1.54, 1.807) is 0 Å². The van der Waals surface area contributed by atoms with E-state index in [0.29, 0.717) is 32.5 Å². The van der Waals surface area contributed by atoms with Crippen LogP contribution in [-0.2, 0) is 17.6 Å². The molecule has 1 saturated heterocycles. The molecule has 2 N–H and O–H groups in total. The number of ether oxygens (including phenoxy) is 1. The first kappa shape index (κ1) is 24.4. The SMILES string of the molecule is CCOc1ccc2[nH]c3c(c2c1)C[C@@]1(C)C(=O)N(CCNC(C)(C)C)C(=O)N1C3Cc1ccccc1. The maximum absolute atomic E-state index is 13.9. The fourth-order valence-electron chi connectivity index (χ4n) is 5.68. The Bertz CT molecular complexity index is 1290. The molecular formula is C29H36N4O3. The number of H-pyrrole nitrogens is 1. The molecule has 2 atom stereocenters. The zero-order valence-electron chi connectivity index (χ0n) is 21.9. The molecule has 0 spiro atoms. The Morgan fingerprint density at radius 2 is 1.89 bits per heavy atom. The molecule has 1 fully saturated rings. The van der Waals surface area contributed by atoms with Crippen LogP contribution in [0, 0.1) is 0 Å². The van der Waals surface area contributed by atoms with Crippen molar-refractivity contribution in [2.45, 2.75) is 64.6 Å². The van der Waals surface area contributed by atoms with Crippen LogP contribution in [0.4, 0.5) is 4.79 Å². The van der Waals surface area contributed by atoms with Gasteiger partial charge in [-0.25, -0.2) is 4.79 Å². The van der Waals surface area contributed by atoms with Crippen LogP contribution in [0.2, 0.25) is 0 Å². The highest BCUT2D eigenvalue weighted by atomic mass is 16.5. The summed E-state index contributed by atoms with van der Waals surface area (Å²) in [5.41, 5.74) is 3.20. The standard InChI is InChI=1S/C29H36N4O3/c1-6-36-20-12-13-23-21(17-20)22-18-29(5)26(34)32(15-14-30-28(2,3)4)27(35)33(29)24(25(22)31-23)16-19-10-8-7-9-11-19/h7-13,17,24,30-31H,6,14-16,18H2,1-5H3/t24?,29-/m0/s1. The van der Waals surface area contributed by atoms with E-state index in [1.165, 1.54) is 4.90 Å². The van der Waals surface area contributed by atoms with Crippen molar-refractivity contribution in [3.8, 4) is 5.75 Å². The van der Waals surface area contributed by atoms with Gasteiger partial charge in [0, 0.05) is 41.6 Å². The lowest BCUT2D eigenvalue weighted by molar-refractivity contribution is -0.133. The molecule has 7 heteroatoms. The van der Waals surface area contributed by atoms with Crippen LogP contribution < -0.4 is 10.1 Å². The van der Waals surface area contributed by atoms with E-state index in [-0.39, 0.29) is 23.5 Å². The number of rotatable bonds is 7. The summed E-state index contributed by atoms with van der Waals surface area (Å²) >= 11 is 0. The zero-order chi connectivity index (χ0) is 25.7. The minimum atomic E-state index is -0.942. The number of nitrogens with one attached hydrogen (secondary N) is 2. The highest BCUT2D eigenvalue weighted by Gasteiger charge is 2.59. The zero-order valence-corrected chi connectivity index (χ0v) is 21.9. The molecule has 0 bridgehead atoms. The maximum atomic E-state index is 13.9. The molecule has 190 valence electrons. The van der Waals surface area contributed by atoms with Crippen molar-refractivity contribution >= 4 is 22.8 Å². The van der Waals surface area contributed by atoms with Gasteiger partial charge in [0.05, 0.1) is 12.6 Å². The number of benzene rings is 2. The van der Waals surface area contributed by atoms with Gasteiger partial charge in [0.2, 0.25) is 0 Å². The summed E-state index contributed by atoms with van der Waals surface area (Å²) in [7, 11) is 0. The molecule has 7 nitrogen and oxygen atoms in total. The molecule has 1 unspecified atom stereocenters. The van der Waals surface area contributed by atoms with Gasteiger partial charge >= 0.3 is 6.03 Å². The molecular weight excluding hydrogens is 452 g/mol. The Balaban J connectivity index is 1.58. The van der Waals surface area contributed by atoms with Crippen LogP contribution in [0.3, 0.4) is 0 Å². The van der Waals surface area contributed by atoms with Crippen molar-refractivity contribution in [1.29, 1.82) is 0 Å². The van der Waals surface area contributed by atoms with Gasteiger partial charge in [0.15, 0.2) is 0 Å². The average molecular weight is 489 g/mol. The molecule has 0 aliphatic carbocycles. The molecule has 0 saturated carbocycles. The Morgan fingerprint density at radius 1 is 1.14 bits per heavy atom. The number of carbonyl (C=O) groups is 2. The van der Waals surface area contributed by atoms with Gasteiger partial charge in [-0.2, -0.15) is 0 Å². The number of nitrogens with zero attached hydrogens (tertiary/aromatic N) is 2. The molecule has 36 heavy (non-hydrogen) atoms. The number of carbonyl (C=O) groups excluding carboxylic acids is 2. The van der Waals surface area contributed by atoms with E-state index in [9.17, 15) is 9.59 Å². The predicted molar refractivity (Wildman–Crippen MR) is 141 cm³/mol. The molecule has 2 aromatic carbocycles. The quantitative estimate of drug-likeness (QED) is 0.468. The van der Waals surface area contributed by atoms with E-state index in [0.717, 1.165) is 33.5 Å². The largest absolute Gasteiger partial charge is 0.494 e. The summed E-state index contributed by atoms with van der Waals surface area (Å²) in [6.45, 7) is 11.6. The first-order valence-electron chi connectivity index (χ1n) is 12.8. The number of hydrogen-bond donors (Lipinski definition) is 2. The van der Waals surface area contributed by atoms with E-state index in [4.69, 9.17) is 4.74 Å². The molecule has 2 aliphatic rings. The van der Waals surface area contributed by atoms with Crippen molar-refractivity contribution in [1.82, 2.24) is 20.1 Å². The smallest absolute Gasteiger partial charge is 0.328 e. The molecule has 0 radical (unpaired) electrons. The number of urea groups is 1. The van der Waals surface area contributed by atoms with E-state index in [1.807, 2.05) is 49.1 Å². The van der Waals surface area contributed by atoms with Crippen molar-refractivity contribution in [2.75, 3.05) is 19.7 Å². The molecule has 3 aromatic rings. The topological polar surface area (TPSA) is 77.7 Å². The van der Waals surface area contributed by atoms with Crippen LogP contribution in [0.15, 0.2) is 48.5 Å². The van der Waals surface area contributed by atoms with E-state index < -0.39 is 5.54 Å². The summed E-state index contributed by atoms with van der Waals surface area (Å²) in [6.07, 6.45) is 1.10. The van der Waals surface area contributed by atoms with Gasteiger partial charge in [-0.05, 0) is 70.4 Å². The van der Waals surface area contributed by atoms with E-state index >= 15 is 0 Å². The second-order valence-electron chi connectivity index (χ2n) is 11.1. The van der Waals surface area contributed by atoms with Gasteiger partial charge in [0.1, 0.15) is 11.3 Å². The number of hydrogen-bond acceptors (Lipinski definition) is 4. The molecule has 5 rings (SSSR count). The second-order valence-corrected chi connectivity index (χ2v) is 11.1. The minimum absolute atomic E-state index is 0.0900. The van der Waals surface area contributed by atoms with Crippen LogP contribution >= 0.6 is 0 Å².